The van der Waals surface area contributed by atoms with E-state index in [0.717, 1.165) is 32.5 Å². The first-order valence-corrected chi connectivity index (χ1v) is 10.7. The van der Waals surface area contributed by atoms with Crippen LogP contribution < -0.4 is 0 Å². The van der Waals surface area contributed by atoms with Gasteiger partial charge in [-0.05, 0) is 25.0 Å². The van der Waals surface area contributed by atoms with E-state index in [0.29, 0.717) is 31.2 Å². The number of carbonyl (C=O) groups is 3. The van der Waals surface area contributed by atoms with E-state index in [2.05, 4.69) is 9.88 Å². The van der Waals surface area contributed by atoms with Gasteiger partial charge in [-0.25, -0.2) is 0 Å². The van der Waals surface area contributed by atoms with Gasteiger partial charge < -0.3 is 14.7 Å². The molecule has 2 atom stereocenters. The third-order valence-corrected chi connectivity index (χ3v) is 7.11. The van der Waals surface area contributed by atoms with Crippen LogP contribution >= 0.6 is 0 Å². The maximum atomic E-state index is 13.3. The molecule has 30 heavy (non-hydrogen) atoms. The van der Waals surface area contributed by atoms with Crippen LogP contribution in [0.2, 0.25) is 0 Å². The smallest absolute Gasteiger partial charge is 0.254 e. The Morgan fingerprint density at radius 1 is 1.03 bits per heavy atom. The summed E-state index contributed by atoms with van der Waals surface area (Å²) < 4.78 is 0. The summed E-state index contributed by atoms with van der Waals surface area (Å²) in [6.07, 6.45) is 5.14. The van der Waals surface area contributed by atoms with Gasteiger partial charge in [0.1, 0.15) is 0 Å². The topological polar surface area (TPSA) is 77.1 Å². The number of hydrogen-bond acceptors (Lipinski definition) is 5. The lowest BCUT2D eigenvalue weighted by Gasteiger charge is -2.38. The van der Waals surface area contributed by atoms with Crippen LogP contribution in [0.3, 0.4) is 0 Å². The normalized spacial score (nSPS) is 27.2. The highest BCUT2D eigenvalue weighted by Crippen LogP contribution is 2.45. The molecule has 0 spiro atoms. The fraction of sp³-hybridized carbons (Fsp3) is 0.636. The van der Waals surface area contributed by atoms with Crippen molar-refractivity contribution in [1.29, 1.82) is 0 Å². The Morgan fingerprint density at radius 3 is 2.30 bits per heavy atom. The van der Waals surface area contributed by atoms with Crippen LogP contribution in [-0.4, -0.2) is 102 Å². The number of aromatic nitrogens is 1. The summed E-state index contributed by atoms with van der Waals surface area (Å²) in [6.45, 7) is 5.75. The second-order valence-electron chi connectivity index (χ2n) is 9.14. The molecule has 0 aliphatic carbocycles. The van der Waals surface area contributed by atoms with Crippen LogP contribution in [0.5, 0.6) is 0 Å². The molecule has 162 valence electrons. The van der Waals surface area contributed by atoms with Crippen molar-refractivity contribution in [2.75, 3.05) is 53.4 Å². The van der Waals surface area contributed by atoms with Gasteiger partial charge in [0.25, 0.3) is 5.91 Å². The number of likely N-dealkylation sites (tertiary alicyclic amines) is 3. The van der Waals surface area contributed by atoms with Crippen molar-refractivity contribution in [2.45, 2.75) is 25.8 Å². The van der Waals surface area contributed by atoms with Gasteiger partial charge in [-0.3, -0.25) is 24.3 Å². The molecule has 0 N–H and O–H groups in total. The number of pyridine rings is 1. The van der Waals surface area contributed by atoms with Gasteiger partial charge in [0.05, 0.1) is 5.41 Å². The standard InChI is InChI=1S/C22H31N5O3/c1-16(28)25-10-6-19(7-11-25)26-12-18-13-27(20(29)17-4-8-23-9-5-17)15-22(18,14-26)21(30)24(2)3/h4-5,8-9,18-19H,6-7,10-15H2,1-3H3/t18-,22-/m1/s1. The predicted molar refractivity (Wildman–Crippen MR) is 112 cm³/mol. The van der Waals surface area contributed by atoms with Gasteiger partial charge in [-0.15, -0.1) is 0 Å². The first-order chi connectivity index (χ1) is 14.3. The summed E-state index contributed by atoms with van der Waals surface area (Å²) >= 11 is 0. The lowest BCUT2D eigenvalue weighted by atomic mass is 9.79. The number of amides is 3. The number of carbonyl (C=O) groups excluding carboxylic acids is 3. The summed E-state index contributed by atoms with van der Waals surface area (Å²) in [6, 6.07) is 3.85. The summed E-state index contributed by atoms with van der Waals surface area (Å²) in [7, 11) is 3.60. The van der Waals surface area contributed by atoms with Gasteiger partial charge in [-0.2, -0.15) is 0 Å². The summed E-state index contributed by atoms with van der Waals surface area (Å²) in [5.41, 5.74) is 0.0649. The summed E-state index contributed by atoms with van der Waals surface area (Å²) in [5.74, 6) is 0.348. The van der Waals surface area contributed by atoms with E-state index in [1.54, 1.807) is 50.4 Å². The van der Waals surface area contributed by atoms with Crippen LogP contribution in [0.25, 0.3) is 0 Å². The predicted octanol–water partition coefficient (Wildman–Crippen LogP) is 0.555. The van der Waals surface area contributed by atoms with Crippen molar-refractivity contribution in [3.8, 4) is 0 Å². The maximum Gasteiger partial charge on any atom is 0.254 e. The third-order valence-electron chi connectivity index (χ3n) is 7.11. The monoisotopic (exact) mass is 413 g/mol. The van der Waals surface area contributed by atoms with Crippen molar-refractivity contribution >= 4 is 17.7 Å². The molecule has 4 heterocycles. The fourth-order valence-electron chi connectivity index (χ4n) is 5.51. The van der Waals surface area contributed by atoms with E-state index in [1.165, 1.54) is 0 Å². The average molecular weight is 414 g/mol. The average Bonchev–Trinajstić information content (AvgIpc) is 3.28. The minimum atomic E-state index is -0.552. The highest BCUT2D eigenvalue weighted by atomic mass is 16.2. The fourth-order valence-corrected chi connectivity index (χ4v) is 5.51. The number of rotatable bonds is 3. The molecule has 3 aliphatic heterocycles. The Hall–Kier alpha value is -2.48. The molecule has 1 aromatic heterocycles. The molecule has 3 amide bonds. The van der Waals surface area contributed by atoms with Crippen molar-refractivity contribution in [2.24, 2.45) is 11.3 Å². The third kappa shape index (κ3) is 3.57. The van der Waals surface area contributed by atoms with Crippen LogP contribution in [0.1, 0.15) is 30.1 Å². The lowest BCUT2D eigenvalue weighted by molar-refractivity contribution is -0.139. The van der Waals surface area contributed by atoms with E-state index >= 15 is 0 Å². The molecular formula is C22H31N5O3. The molecule has 0 aromatic carbocycles. The molecule has 1 aromatic rings. The second-order valence-corrected chi connectivity index (χ2v) is 9.14. The number of nitrogens with zero attached hydrogens (tertiary/aromatic N) is 5. The molecule has 8 heteroatoms. The van der Waals surface area contributed by atoms with E-state index in [1.807, 2.05) is 9.80 Å². The van der Waals surface area contributed by atoms with Crippen LogP contribution in [0, 0.1) is 11.3 Å². The van der Waals surface area contributed by atoms with Gasteiger partial charge in [-0.1, -0.05) is 0 Å². The minimum Gasteiger partial charge on any atom is -0.348 e. The SMILES string of the molecule is CC(=O)N1CCC(N2C[C@@H]3CN(C(=O)c4ccncc4)C[C@]3(C(=O)N(C)C)C2)CC1. The van der Waals surface area contributed by atoms with Crippen molar-refractivity contribution in [3.63, 3.8) is 0 Å². The zero-order valence-corrected chi connectivity index (χ0v) is 18.1. The summed E-state index contributed by atoms with van der Waals surface area (Å²) in [4.78, 5) is 49.8. The van der Waals surface area contributed by atoms with E-state index < -0.39 is 5.41 Å². The Bertz CT molecular complexity index is 821. The van der Waals surface area contributed by atoms with E-state index in [4.69, 9.17) is 0 Å². The molecule has 0 radical (unpaired) electrons. The Morgan fingerprint density at radius 2 is 1.70 bits per heavy atom. The van der Waals surface area contributed by atoms with Crippen LogP contribution in [0.15, 0.2) is 24.5 Å². The van der Waals surface area contributed by atoms with Gasteiger partial charge in [0, 0.05) is 90.2 Å². The zero-order chi connectivity index (χ0) is 21.5. The first-order valence-electron chi connectivity index (χ1n) is 10.7. The minimum absolute atomic E-state index is 0.0287. The van der Waals surface area contributed by atoms with Crippen molar-refractivity contribution < 1.29 is 14.4 Å². The lowest BCUT2D eigenvalue weighted by Crippen LogP contribution is -2.50. The largest absolute Gasteiger partial charge is 0.348 e. The number of hydrogen-bond donors (Lipinski definition) is 0. The number of piperidine rings is 1. The highest BCUT2D eigenvalue weighted by molar-refractivity contribution is 5.95. The molecule has 3 aliphatic rings. The number of fused-ring (bicyclic) bond motifs is 1. The van der Waals surface area contributed by atoms with Crippen LogP contribution in [-0.2, 0) is 9.59 Å². The zero-order valence-electron chi connectivity index (χ0n) is 18.1. The van der Waals surface area contributed by atoms with E-state index in [9.17, 15) is 14.4 Å². The molecule has 3 saturated heterocycles. The maximum absolute atomic E-state index is 13.3. The Balaban J connectivity index is 1.50. The molecule has 0 saturated carbocycles. The second kappa shape index (κ2) is 7.98. The quantitative estimate of drug-likeness (QED) is 0.724. The van der Waals surface area contributed by atoms with Gasteiger partial charge in [0.2, 0.25) is 11.8 Å². The molecular weight excluding hydrogens is 382 g/mol. The molecule has 0 unspecified atom stereocenters. The van der Waals surface area contributed by atoms with Gasteiger partial charge in [0.15, 0.2) is 0 Å². The summed E-state index contributed by atoms with van der Waals surface area (Å²) in [5, 5.41) is 0. The molecule has 8 nitrogen and oxygen atoms in total. The van der Waals surface area contributed by atoms with Crippen molar-refractivity contribution in [1.82, 2.24) is 24.6 Å². The Labute approximate surface area is 177 Å². The van der Waals surface area contributed by atoms with Crippen molar-refractivity contribution in [3.05, 3.63) is 30.1 Å². The molecule has 0 bridgehead atoms. The highest BCUT2D eigenvalue weighted by Gasteiger charge is 2.59. The Kier molecular flexibility index (Phi) is 5.53. The molecule has 4 rings (SSSR count). The van der Waals surface area contributed by atoms with Crippen LogP contribution in [0.4, 0.5) is 0 Å². The first kappa shape index (κ1) is 20.8. The van der Waals surface area contributed by atoms with E-state index in [-0.39, 0.29) is 23.6 Å². The van der Waals surface area contributed by atoms with Gasteiger partial charge >= 0.3 is 0 Å². The molecule has 3 fully saturated rings.